The number of piperazine rings is 2. The number of nitrogens with zero attached hydrogens (tertiary/aromatic N) is 6. The molecule has 2 aliphatic heterocycles. The maximum Gasteiger partial charge on any atom is 0.257 e. The molecule has 0 spiro atoms. The van der Waals surface area contributed by atoms with Crippen LogP contribution in [0.2, 0.25) is 0 Å². The van der Waals surface area contributed by atoms with Crippen LogP contribution < -0.4 is 4.90 Å². The van der Waals surface area contributed by atoms with Crippen LogP contribution in [0.15, 0.2) is 12.4 Å². The van der Waals surface area contributed by atoms with Gasteiger partial charge in [0.05, 0.1) is 5.56 Å². The molecule has 0 unspecified atom stereocenters. The Morgan fingerprint density at radius 1 is 0.920 bits per heavy atom. The second-order valence-corrected chi connectivity index (χ2v) is 6.20. The van der Waals surface area contributed by atoms with Gasteiger partial charge in [-0.3, -0.25) is 14.4 Å². The maximum absolute atomic E-state index is 12.5. The van der Waals surface area contributed by atoms with Gasteiger partial charge in [0, 0.05) is 71.7 Å². The zero-order chi connectivity index (χ0) is 17.8. The van der Waals surface area contributed by atoms with Crippen molar-refractivity contribution in [2.24, 2.45) is 0 Å². The summed E-state index contributed by atoms with van der Waals surface area (Å²) in [6.07, 6.45) is 3.91. The normalized spacial score (nSPS) is 18.3. The zero-order valence-electron chi connectivity index (χ0n) is 14.3. The third-order valence-electron chi connectivity index (χ3n) is 4.64. The number of rotatable bonds is 3. The molecule has 3 heterocycles. The second-order valence-electron chi connectivity index (χ2n) is 6.20. The van der Waals surface area contributed by atoms with Crippen molar-refractivity contribution in [1.82, 2.24) is 24.7 Å². The lowest BCUT2D eigenvalue weighted by atomic mass is 10.2. The van der Waals surface area contributed by atoms with E-state index in [9.17, 15) is 14.4 Å². The van der Waals surface area contributed by atoms with Crippen LogP contribution in [0.1, 0.15) is 17.3 Å². The van der Waals surface area contributed by atoms with Crippen LogP contribution in [0.5, 0.6) is 0 Å². The zero-order valence-corrected chi connectivity index (χ0v) is 14.3. The Bertz CT molecular complexity index is 634. The van der Waals surface area contributed by atoms with Gasteiger partial charge in [-0.2, -0.15) is 0 Å². The van der Waals surface area contributed by atoms with Crippen molar-refractivity contribution >= 4 is 24.2 Å². The lowest BCUT2D eigenvalue weighted by Gasteiger charge is -2.34. The van der Waals surface area contributed by atoms with Crippen molar-refractivity contribution in [3.8, 4) is 0 Å². The Morgan fingerprint density at radius 3 is 2.00 bits per heavy atom. The average molecular weight is 346 g/mol. The minimum Gasteiger partial charge on any atom is -0.342 e. The molecule has 9 heteroatoms. The molecule has 2 fully saturated rings. The fourth-order valence-electron chi connectivity index (χ4n) is 3.03. The highest BCUT2D eigenvalue weighted by atomic mass is 16.2. The number of aromatic nitrogens is 2. The molecule has 3 rings (SSSR count). The number of hydrogen-bond acceptors (Lipinski definition) is 6. The number of carbonyl (C=O) groups is 3. The third-order valence-corrected chi connectivity index (χ3v) is 4.64. The summed E-state index contributed by atoms with van der Waals surface area (Å²) in [6, 6.07) is 0. The Kier molecular flexibility index (Phi) is 5.11. The quantitative estimate of drug-likeness (QED) is 0.656. The Morgan fingerprint density at radius 2 is 1.48 bits per heavy atom. The lowest BCUT2D eigenvalue weighted by molar-refractivity contribution is -0.129. The van der Waals surface area contributed by atoms with E-state index >= 15 is 0 Å². The van der Waals surface area contributed by atoms with Crippen LogP contribution in [0.4, 0.5) is 5.95 Å². The fourth-order valence-corrected chi connectivity index (χ4v) is 3.03. The molecule has 1 aromatic heterocycles. The number of hydrogen-bond donors (Lipinski definition) is 0. The molecule has 9 nitrogen and oxygen atoms in total. The summed E-state index contributed by atoms with van der Waals surface area (Å²) < 4.78 is 0. The molecule has 0 bridgehead atoms. The summed E-state index contributed by atoms with van der Waals surface area (Å²) in [5.74, 6) is 0.542. The van der Waals surface area contributed by atoms with Gasteiger partial charge < -0.3 is 19.6 Å². The lowest BCUT2D eigenvalue weighted by Crippen LogP contribution is -2.49. The predicted molar refractivity (Wildman–Crippen MR) is 90.0 cm³/mol. The number of amides is 3. The largest absolute Gasteiger partial charge is 0.342 e. The standard InChI is InChI=1S/C16H22N6O3/c1-13(24)20-6-8-22(9-7-20)16-17-10-14(11-18-16)15(25)21-4-2-19(12-23)3-5-21/h10-12H,2-9H2,1H3. The first-order valence-electron chi connectivity index (χ1n) is 8.39. The van der Waals surface area contributed by atoms with Crippen molar-refractivity contribution in [3.63, 3.8) is 0 Å². The molecule has 0 atom stereocenters. The van der Waals surface area contributed by atoms with Gasteiger partial charge in [0.2, 0.25) is 18.3 Å². The monoisotopic (exact) mass is 346 g/mol. The fraction of sp³-hybridized carbons (Fsp3) is 0.562. The van der Waals surface area contributed by atoms with Gasteiger partial charge in [-0.25, -0.2) is 9.97 Å². The van der Waals surface area contributed by atoms with E-state index in [0.717, 1.165) is 6.41 Å². The molecule has 134 valence electrons. The van der Waals surface area contributed by atoms with E-state index in [4.69, 9.17) is 0 Å². The van der Waals surface area contributed by atoms with Crippen molar-refractivity contribution in [1.29, 1.82) is 0 Å². The van der Waals surface area contributed by atoms with Crippen LogP contribution in [0, 0.1) is 0 Å². The highest BCUT2D eigenvalue weighted by Gasteiger charge is 2.23. The molecule has 1 aromatic rings. The molecule has 2 saturated heterocycles. The van der Waals surface area contributed by atoms with E-state index in [1.54, 1.807) is 34.0 Å². The van der Waals surface area contributed by atoms with Gasteiger partial charge in [-0.05, 0) is 0 Å². The summed E-state index contributed by atoms with van der Waals surface area (Å²) in [5, 5.41) is 0. The van der Waals surface area contributed by atoms with Crippen LogP contribution in [-0.4, -0.2) is 95.3 Å². The maximum atomic E-state index is 12.5. The number of anilines is 1. The summed E-state index contributed by atoms with van der Waals surface area (Å²) in [4.78, 5) is 50.4. The van der Waals surface area contributed by atoms with Gasteiger partial charge in [-0.1, -0.05) is 0 Å². The minimum absolute atomic E-state index is 0.0798. The second kappa shape index (κ2) is 7.45. The summed E-state index contributed by atoms with van der Waals surface area (Å²) in [5.41, 5.74) is 0.450. The van der Waals surface area contributed by atoms with Crippen molar-refractivity contribution in [2.45, 2.75) is 6.92 Å². The molecule has 2 aliphatic rings. The first-order valence-corrected chi connectivity index (χ1v) is 8.39. The van der Waals surface area contributed by atoms with Crippen molar-refractivity contribution in [3.05, 3.63) is 18.0 Å². The van der Waals surface area contributed by atoms with Gasteiger partial charge >= 0.3 is 0 Å². The molecule has 0 aromatic carbocycles. The van der Waals surface area contributed by atoms with E-state index in [1.807, 2.05) is 4.90 Å². The van der Waals surface area contributed by atoms with Crippen LogP contribution in [-0.2, 0) is 9.59 Å². The van der Waals surface area contributed by atoms with Gasteiger partial charge in [0.1, 0.15) is 0 Å². The van der Waals surface area contributed by atoms with E-state index in [1.165, 1.54) is 0 Å². The van der Waals surface area contributed by atoms with Crippen molar-refractivity contribution < 1.29 is 14.4 Å². The average Bonchev–Trinajstić information content (AvgIpc) is 2.67. The van der Waals surface area contributed by atoms with Gasteiger partial charge in [-0.15, -0.1) is 0 Å². The topological polar surface area (TPSA) is 90.0 Å². The Hall–Kier alpha value is -2.71. The van der Waals surface area contributed by atoms with Crippen molar-refractivity contribution in [2.75, 3.05) is 57.3 Å². The summed E-state index contributed by atoms with van der Waals surface area (Å²) >= 11 is 0. The summed E-state index contributed by atoms with van der Waals surface area (Å²) in [6.45, 7) is 6.38. The van der Waals surface area contributed by atoms with E-state index in [2.05, 4.69) is 9.97 Å². The smallest absolute Gasteiger partial charge is 0.257 e. The molecule has 25 heavy (non-hydrogen) atoms. The van der Waals surface area contributed by atoms with Crippen LogP contribution >= 0.6 is 0 Å². The van der Waals surface area contributed by atoms with Crippen LogP contribution in [0.25, 0.3) is 0 Å². The highest BCUT2D eigenvalue weighted by molar-refractivity contribution is 5.93. The van der Waals surface area contributed by atoms with E-state index < -0.39 is 0 Å². The molecule has 0 aliphatic carbocycles. The Labute approximate surface area is 146 Å². The van der Waals surface area contributed by atoms with E-state index in [0.29, 0.717) is 63.9 Å². The third kappa shape index (κ3) is 3.86. The molecular formula is C16H22N6O3. The first kappa shape index (κ1) is 17.1. The highest BCUT2D eigenvalue weighted by Crippen LogP contribution is 2.13. The van der Waals surface area contributed by atoms with Gasteiger partial charge in [0.25, 0.3) is 5.91 Å². The van der Waals surface area contributed by atoms with E-state index in [-0.39, 0.29) is 11.8 Å². The van der Waals surface area contributed by atoms with Crippen LogP contribution in [0.3, 0.4) is 0 Å². The molecule has 0 N–H and O–H groups in total. The minimum atomic E-state index is -0.113. The molecular weight excluding hydrogens is 324 g/mol. The SMILES string of the molecule is CC(=O)N1CCN(c2ncc(C(=O)N3CCN(C=O)CC3)cn2)CC1. The van der Waals surface area contributed by atoms with Gasteiger partial charge in [0.15, 0.2) is 0 Å². The first-order chi connectivity index (χ1) is 12.1. The predicted octanol–water partition coefficient (Wildman–Crippen LogP) is -0.941. The molecule has 3 amide bonds. The molecule has 0 radical (unpaired) electrons. The Balaban J connectivity index is 1.58. The molecule has 0 saturated carbocycles. The summed E-state index contributed by atoms with van der Waals surface area (Å²) in [7, 11) is 0. The number of carbonyl (C=O) groups excluding carboxylic acids is 3.